The fourth-order valence-corrected chi connectivity index (χ4v) is 1.73. The van der Waals surface area contributed by atoms with Gasteiger partial charge in [0.1, 0.15) is 6.54 Å². The van der Waals surface area contributed by atoms with Gasteiger partial charge in [-0.15, -0.1) is 0 Å². The Hall–Kier alpha value is -2.30. The first-order valence-corrected chi connectivity index (χ1v) is 5.13. The molecule has 0 aliphatic heterocycles. The lowest BCUT2D eigenvalue weighted by Crippen LogP contribution is -2.31. The van der Waals surface area contributed by atoms with Gasteiger partial charge in [0.05, 0.1) is 5.56 Å². The van der Waals surface area contributed by atoms with Crippen LogP contribution in [-0.2, 0) is 4.79 Å². The van der Waals surface area contributed by atoms with Crippen molar-refractivity contribution in [3.63, 3.8) is 0 Å². The van der Waals surface area contributed by atoms with Crippen molar-refractivity contribution in [2.45, 2.75) is 0 Å². The lowest BCUT2D eigenvalue weighted by molar-refractivity contribution is -0.137. The van der Waals surface area contributed by atoms with Gasteiger partial charge in [-0.05, 0) is 6.07 Å². The average molecular weight is 232 g/mol. The summed E-state index contributed by atoms with van der Waals surface area (Å²) in [7, 11) is 1.47. The number of nitrogens with zero attached hydrogens (tertiary/aromatic N) is 1. The minimum absolute atomic E-state index is 0.301. The molecule has 0 atom stereocenters. The molecule has 88 valence electrons. The molecule has 2 rings (SSSR count). The second-order valence-corrected chi connectivity index (χ2v) is 3.80. The zero-order chi connectivity index (χ0) is 12.4. The summed E-state index contributed by atoms with van der Waals surface area (Å²) >= 11 is 0. The van der Waals surface area contributed by atoms with Crippen LogP contribution in [0, 0.1) is 0 Å². The van der Waals surface area contributed by atoms with E-state index in [9.17, 15) is 9.59 Å². The molecule has 1 aromatic carbocycles. The van der Waals surface area contributed by atoms with Gasteiger partial charge >= 0.3 is 5.97 Å². The topological polar surface area (TPSA) is 73.4 Å². The van der Waals surface area contributed by atoms with Gasteiger partial charge < -0.3 is 15.0 Å². The minimum atomic E-state index is -1.03. The van der Waals surface area contributed by atoms with Crippen LogP contribution in [0.1, 0.15) is 10.4 Å². The molecule has 1 aromatic heterocycles. The first kappa shape index (κ1) is 11.2. The Morgan fingerprint density at radius 3 is 2.76 bits per heavy atom. The van der Waals surface area contributed by atoms with E-state index in [-0.39, 0.29) is 12.5 Å². The summed E-state index contributed by atoms with van der Waals surface area (Å²) in [5, 5.41) is 9.44. The number of benzene rings is 1. The number of aliphatic carboxylic acids is 1. The maximum Gasteiger partial charge on any atom is 0.323 e. The number of aromatic amines is 1. The highest BCUT2D eigenvalue weighted by atomic mass is 16.4. The first-order chi connectivity index (χ1) is 8.09. The van der Waals surface area contributed by atoms with Gasteiger partial charge in [-0.25, -0.2) is 0 Å². The highest BCUT2D eigenvalue weighted by Crippen LogP contribution is 2.18. The average Bonchev–Trinajstić information content (AvgIpc) is 2.70. The Kier molecular flexibility index (Phi) is 2.82. The van der Waals surface area contributed by atoms with Crippen LogP contribution >= 0.6 is 0 Å². The fraction of sp³-hybridized carbons (Fsp3) is 0.167. The molecule has 0 bridgehead atoms. The lowest BCUT2D eigenvalue weighted by atomic mass is 10.1. The number of H-pyrrole nitrogens is 1. The van der Waals surface area contributed by atoms with Crippen LogP contribution in [0.2, 0.25) is 0 Å². The van der Waals surface area contributed by atoms with Crippen LogP contribution < -0.4 is 0 Å². The molecule has 2 aromatic rings. The number of para-hydroxylation sites is 1. The number of amides is 1. The molecule has 17 heavy (non-hydrogen) atoms. The molecule has 2 N–H and O–H groups in total. The van der Waals surface area contributed by atoms with Crippen LogP contribution in [-0.4, -0.2) is 40.5 Å². The van der Waals surface area contributed by atoms with Gasteiger partial charge in [0.15, 0.2) is 0 Å². The van der Waals surface area contributed by atoms with E-state index in [0.717, 1.165) is 10.9 Å². The monoisotopic (exact) mass is 232 g/mol. The van der Waals surface area contributed by atoms with E-state index in [1.807, 2.05) is 24.3 Å². The van der Waals surface area contributed by atoms with Gasteiger partial charge in [-0.2, -0.15) is 0 Å². The molecule has 0 radical (unpaired) electrons. The van der Waals surface area contributed by atoms with Crippen LogP contribution in [0.5, 0.6) is 0 Å². The van der Waals surface area contributed by atoms with Crippen molar-refractivity contribution in [2.75, 3.05) is 13.6 Å². The van der Waals surface area contributed by atoms with Crippen molar-refractivity contribution in [1.82, 2.24) is 9.88 Å². The summed E-state index contributed by atoms with van der Waals surface area (Å²) in [5.41, 5.74) is 1.35. The third kappa shape index (κ3) is 2.13. The number of aromatic nitrogens is 1. The summed E-state index contributed by atoms with van der Waals surface area (Å²) in [5.74, 6) is -1.33. The number of nitrogens with one attached hydrogen (secondary N) is 1. The number of carbonyl (C=O) groups is 2. The van der Waals surface area contributed by atoms with Gasteiger partial charge in [-0.3, -0.25) is 9.59 Å². The molecule has 5 heteroatoms. The normalized spacial score (nSPS) is 10.4. The maximum atomic E-state index is 12.0. The molecule has 5 nitrogen and oxygen atoms in total. The van der Waals surface area contributed by atoms with E-state index in [0.29, 0.717) is 5.56 Å². The van der Waals surface area contributed by atoms with E-state index in [1.165, 1.54) is 11.9 Å². The van der Waals surface area contributed by atoms with Gasteiger partial charge in [0.25, 0.3) is 5.91 Å². The summed E-state index contributed by atoms with van der Waals surface area (Å²) in [6, 6.07) is 7.40. The molecule has 0 spiro atoms. The molecule has 0 aliphatic rings. The predicted octanol–water partition coefficient (Wildman–Crippen LogP) is 1.32. The molecule has 0 unspecified atom stereocenters. The van der Waals surface area contributed by atoms with Crippen LogP contribution in [0.15, 0.2) is 30.5 Å². The molecular formula is C12H12N2O3. The van der Waals surface area contributed by atoms with Crippen molar-refractivity contribution in [3.05, 3.63) is 36.0 Å². The Morgan fingerprint density at radius 2 is 2.06 bits per heavy atom. The van der Waals surface area contributed by atoms with Crippen LogP contribution in [0.4, 0.5) is 0 Å². The highest BCUT2D eigenvalue weighted by Gasteiger charge is 2.17. The summed E-state index contributed by atoms with van der Waals surface area (Å²) in [6.45, 7) is -0.307. The Labute approximate surface area is 97.7 Å². The van der Waals surface area contributed by atoms with E-state index in [4.69, 9.17) is 5.11 Å². The third-order valence-corrected chi connectivity index (χ3v) is 2.54. The van der Waals surface area contributed by atoms with Crippen LogP contribution in [0.25, 0.3) is 10.9 Å². The third-order valence-electron chi connectivity index (χ3n) is 2.54. The molecule has 0 aliphatic carbocycles. The van der Waals surface area contributed by atoms with Crippen molar-refractivity contribution >= 4 is 22.8 Å². The number of fused-ring (bicyclic) bond motifs is 1. The number of carboxylic acids is 1. The van der Waals surface area contributed by atoms with Crippen molar-refractivity contribution in [1.29, 1.82) is 0 Å². The zero-order valence-corrected chi connectivity index (χ0v) is 9.30. The largest absolute Gasteiger partial charge is 0.480 e. The lowest BCUT2D eigenvalue weighted by Gasteiger charge is -2.13. The molecule has 1 heterocycles. The van der Waals surface area contributed by atoms with E-state index in [2.05, 4.69) is 4.98 Å². The number of hydrogen-bond donors (Lipinski definition) is 2. The second kappa shape index (κ2) is 4.29. The number of carbonyl (C=O) groups excluding carboxylic acids is 1. The Balaban J connectivity index is 2.33. The van der Waals surface area contributed by atoms with Gasteiger partial charge in [0.2, 0.25) is 0 Å². The van der Waals surface area contributed by atoms with Crippen molar-refractivity contribution in [3.8, 4) is 0 Å². The molecule has 0 saturated heterocycles. The number of hydrogen-bond acceptors (Lipinski definition) is 2. The fourth-order valence-electron chi connectivity index (χ4n) is 1.73. The van der Waals surface area contributed by atoms with Crippen LogP contribution in [0.3, 0.4) is 0 Å². The SMILES string of the molecule is CN(CC(=O)O)C(=O)c1c[nH]c2ccccc12. The molecular weight excluding hydrogens is 220 g/mol. The standard InChI is InChI=1S/C12H12N2O3/c1-14(7-11(15)16)12(17)9-6-13-10-5-3-2-4-8(9)10/h2-6,13H,7H2,1H3,(H,15,16). The van der Waals surface area contributed by atoms with Gasteiger partial charge in [-0.1, -0.05) is 18.2 Å². The Bertz CT molecular complexity index is 574. The molecule has 0 saturated carbocycles. The summed E-state index contributed by atoms with van der Waals surface area (Å²) in [6.07, 6.45) is 1.60. The van der Waals surface area contributed by atoms with E-state index >= 15 is 0 Å². The van der Waals surface area contributed by atoms with E-state index in [1.54, 1.807) is 6.20 Å². The van der Waals surface area contributed by atoms with Crippen molar-refractivity contribution in [2.24, 2.45) is 0 Å². The minimum Gasteiger partial charge on any atom is -0.480 e. The van der Waals surface area contributed by atoms with E-state index < -0.39 is 5.97 Å². The molecule has 0 fully saturated rings. The molecule has 1 amide bonds. The Morgan fingerprint density at radius 1 is 1.35 bits per heavy atom. The number of rotatable bonds is 3. The first-order valence-electron chi connectivity index (χ1n) is 5.13. The second-order valence-electron chi connectivity index (χ2n) is 3.80. The summed E-state index contributed by atoms with van der Waals surface area (Å²) in [4.78, 5) is 26.7. The zero-order valence-electron chi connectivity index (χ0n) is 9.30. The maximum absolute atomic E-state index is 12.0. The van der Waals surface area contributed by atoms with Gasteiger partial charge in [0, 0.05) is 24.1 Å². The summed E-state index contributed by atoms with van der Waals surface area (Å²) < 4.78 is 0. The highest BCUT2D eigenvalue weighted by molar-refractivity contribution is 6.07. The van der Waals surface area contributed by atoms with Crippen molar-refractivity contribution < 1.29 is 14.7 Å². The smallest absolute Gasteiger partial charge is 0.323 e. The predicted molar refractivity (Wildman–Crippen MR) is 62.9 cm³/mol. The number of likely N-dealkylation sites (N-methyl/N-ethyl adjacent to an activating group) is 1. The quantitative estimate of drug-likeness (QED) is 0.838. The number of carboxylic acid groups (broad SMARTS) is 1.